The van der Waals surface area contributed by atoms with Crippen molar-refractivity contribution in [2.24, 2.45) is 0 Å². The average molecular weight is 506 g/mol. The van der Waals surface area contributed by atoms with Crippen molar-refractivity contribution in [1.29, 1.82) is 0 Å². The fourth-order valence-electron chi connectivity index (χ4n) is 3.75. The van der Waals surface area contributed by atoms with Crippen molar-refractivity contribution in [3.05, 3.63) is 65.0 Å². The number of sulfonamides is 1. The molecule has 2 rings (SSSR count). The van der Waals surface area contributed by atoms with Gasteiger partial charge in [-0.25, -0.2) is 12.8 Å². The van der Waals surface area contributed by atoms with Gasteiger partial charge in [-0.1, -0.05) is 38.1 Å². The van der Waals surface area contributed by atoms with Gasteiger partial charge in [0.2, 0.25) is 21.8 Å². The molecule has 0 spiro atoms. The van der Waals surface area contributed by atoms with Crippen LogP contribution in [0.3, 0.4) is 0 Å². The highest BCUT2D eigenvalue weighted by atomic mass is 32.2. The van der Waals surface area contributed by atoms with Crippen molar-refractivity contribution in [3.8, 4) is 0 Å². The number of anilines is 1. The van der Waals surface area contributed by atoms with Gasteiger partial charge in [-0.2, -0.15) is 0 Å². The van der Waals surface area contributed by atoms with Crippen LogP contribution in [0.25, 0.3) is 0 Å². The third-order valence-electron chi connectivity index (χ3n) is 6.18. The highest BCUT2D eigenvalue weighted by Crippen LogP contribution is 2.25. The molecule has 0 unspecified atom stereocenters. The van der Waals surface area contributed by atoms with Crippen LogP contribution in [-0.2, 0) is 26.2 Å². The number of benzene rings is 2. The molecular formula is C26H36FN3O4S. The summed E-state index contributed by atoms with van der Waals surface area (Å²) in [5.41, 5.74) is 2.69. The van der Waals surface area contributed by atoms with E-state index in [1.54, 1.807) is 38.1 Å². The third kappa shape index (κ3) is 7.52. The maximum absolute atomic E-state index is 13.7. The first kappa shape index (κ1) is 28.3. The quantitative estimate of drug-likeness (QED) is 0.501. The molecule has 0 aliphatic heterocycles. The molecule has 0 saturated heterocycles. The first-order valence-electron chi connectivity index (χ1n) is 11.8. The second-order valence-electron chi connectivity index (χ2n) is 8.88. The lowest BCUT2D eigenvalue weighted by atomic mass is 10.1. The van der Waals surface area contributed by atoms with Gasteiger partial charge in [0.05, 0.1) is 11.9 Å². The van der Waals surface area contributed by atoms with Crippen molar-refractivity contribution in [1.82, 2.24) is 10.2 Å². The monoisotopic (exact) mass is 505 g/mol. The molecule has 0 aliphatic carbocycles. The number of halogens is 1. The molecule has 0 heterocycles. The predicted molar refractivity (Wildman–Crippen MR) is 137 cm³/mol. The van der Waals surface area contributed by atoms with Gasteiger partial charge >= 0.3 is 0 Å². The summed E-state index contributed by atoms with van der Waals surface area (Å²) in [6.07, 6.45) is 2.11. The van der Waals surface area contributed by atoms with E-state index < -0.39 is 34.3 Å². The smallest absolute Gasteiger partial charge is 0.244 e. The van der Waals surface area contributed by atoms with Gasteiger partial charge in [-0.3, -0.25) is 13.9 Å². The maximum Gasteiger partial charge on any atom is 0.244 e. The Morgan fingerprint density at radius 1 is 1.03 bits per heavy atom. The van der Waals surface area contributed by atoms with Crippen LogP contribution in [0.2, 0.25) is 0 Å². The molecule has 2 amide bonds. The Morgan fingerprint density at radius 3 is 2.20 bits per heavy atom. The fraction of sp³-hybridized carbons (Fsp3) is 0.462. The highest BCUT2D eigenvalue weighted by molar-refractivity contribution is 7.92. The van der Waals surface area contributed by atoms with Crippen LogP contribution < -0.4 is 9.62 Å². The Balaban J connectivity index is 2.47. The van der Waals surface area contributed by atoms with Crippen molar-refractivity contribution in [2.75, 3.05) is 17.1 Å². The molecule has 2 aromatic carbocycles. The topological polar surface area (TPSA) is 86.8 Å². The van der Waals surface area contributed by atoms with Crippen molar-refractivity contribution in [2.45, 2.75) is 66.1 Å². The van der Waals surface area contributed by atoms with Crippen LogP contribution in [0.4, 0.5) is 10.1 Å². The van der Waals surface area contributed by atoms with Crippen LogP contribution in [-0.4, -0.2) is 50.0 Å². The molecule has 1 N–H and O–H groups in total. The average Bonchev–Trinajstić information content (AvgIpc) is 2.79. The Labute approximate surface area is 208 Å². The summed E-state index contributed by atoms with van der Waals surface area (Å²) in [5.74, 6) is -1.24. The number of carbonyl (C=O) groups excluding carboxylic acids is 2. The van der Waals surface area contributed by atoms with Gasteiger partial charge in [-0.15, -0.1) is 0 Å². The van der Waals surface area contributed by atoms with E-state index in [1.807, 2.05) is 26.8 Å². The third-order valence-corrected chi connectivity index (χ3v) is 7.30. The van der Waals surface area contributed by atoms with Gasteiger partial charge in [0.25, 0.3) is 0 Å². The molecular weight excluding hydrogens is 469 g/mol. The zero-order valence-corrected chi connectivity index (χ0v) is 22.2. The van der Waals surface area contributed by atoms with Gasteiger partial charge in [0, 0.05) is 12.6 Å². The van der Waals surface area contributed by atoms with Crippen molar-refractivity contribution < 1.29 is 22.4 Å². The van der Waals surface area contributed by atoms with Crippen LogP contribution in [0.1, 0.15) is 50.3 Å². The molecule has 0 bridgehead atoms. The zero-order chi connectivity index (χ0) is 26.3. The van der Waals surface area contributed by atoms with E-state index in [9.17, 15) is 22.4 Å². The molecule has 2 aromatic rings. The number of hydrogen-bond acceptors (Lipinski definition) is 4. The number of carbonyl (C=O) groups is 2. The van der Waals surface area contributed by atoms with Crippen LogP contribution >= 0.6 is 0 Å². The number of nitrogens with zero attached hydrogens (tertiary/aromatic N) is 2. The van der Waals surface area contributed by atoms with Crippen LogP contribution in [0, 0.1) is 19.7 Å². The highest BCUT2D eigenvalue weighted by Gasteiger charge is 2.32. The first-order chi connectivity index (χ1) is 16.4. The number of aryl methyl sites for hydroxylation is 1. The maximum atomic E-state index is 13.7. The number of nitrogens with one attached hydrogen (secondary N) is 1. The summed E-state index contributed by atoms with van der Waals surface area (Å²) in [5, 5.41) is 2.92. The van der Waals surface area contributed by atoms with E-state index in [0.717, 1.165) is 28.1 Å². The predicted octanol–water partition coefficient (Wildman–Crippen LogP) is 3.93. The minimum Gasteiger partial charge on any atom is -0.352 e. The van der Waals surface area contributed by atoms with Crippen LogP contribution in [0.5, 0.6) is 0 Å². The van der Waals surface area contributed by atoms with E-state index in [0.29, 0.717) is 17.7 Å². The first-order valence-corrected chi connectivity index (χ1v) is 13.6. The summed E-state index contributed by atoms with van der Waals surface area (Å²) >= 11 is 0. The number of amides is 2. The summed E-state index contributed by atoms with van der Waals surface area (Å²) in [4.78, 5) is 28.1. The van der Waals surface area contributed by atoms with Gasteiger partial charge < -0.3 is 10.2 Å². The Morgan fingerprint density at radius 2 is 1.66 bits per heavy atom. The summed E-state index contributed by atoms with van der Waals surface area (Å²) in [7, 11) is -3.80. The molecule has 7 nitrogen and oxygen atoms in total. The summed E-state index contributed by atoms with van der Waals surface area (Å²) in [6, 6.07) is 10.0. The second kappa shape index (κ2) is 12.2. The lowest BCUT2D eigenvalue weighted by Crippen LogP contribution is -2.53. The SMILES string of the molecule is CC[C@H](C)NC(=O)[C@H](CC)N(Cc1ccc(F)cc1)C(=O)CN(c1cccc(C)c1C)S(C)(=O)=O. The molecule has 2 atom stereocenters. The van der Waals surface area contributed by atoms with Crippen LogP contribution in [0.15, 0.2) is 42.5 Å². The van der Waals surface area contributed by atoms with E-state index >= 15 is 0 Å². The van der Waals surface area contributed by atoms with E-state index in [1.165, 1.54) is 17.0 Å². The molecule has 0 aromatic heterocycles. The summed E-state index contributed by atoms with van der Waals surface area (Å²) < 4.78 is 40.0. The number of hydrogen-bond donors (Lipinski definition) is 1. The molecule has 9 heteroatoms. The minimum atomic E-state index is -3.80. The normalized spacial score (nSPS) is 13.1. The van der Waals surface area contributed by atoms with E-state index in [4.69, 9.17) is 0 Å². The van der Waals surface area contributed by atoms with Gasteiger partial charge in [-0.05, 0) is 68.5 Å². The Kier molecular flexibility index (Phi) is 9.82. The number of rotatable bonds is 11. The molecule has 35 heavy (non-hydrogen) atoms. The fourth-order valence-corrected chi connectivity index (χ4v) is 4.65. The zero-order valence-electron chi connectivity index (χ0n) is 21.3. The van der Waals surface area contributed by atoms with E-state index in [-0.39, 0.29) is 18.5 Å². The van der Waals surface area contributed by atoms with Crippen molar-refractivity contribution >= 4 is 27.5 Å². The van der Waals surface area contributed by atoms with E-state index in [2.05, 4.69) is 5.32 Å². The minimum absolute atomic E-state index is 0.0376. The standard InChI is InChI=1S/C26H36FN3O4S/c1-7-19(4)28-26(32)23(8-2)29(16-21-12-14-22(27)15-13-21)25(31)17-30(35(6,33)34)24-11-9-10-18(3)20(24)5/h9-15,19,23H,7-8,16-17H2,1-6H3,(H,28,32)/t19-,23-/m0/s1. The molecule has 0 saturated carbocycles. The molecule has 0 fully saturated rings. The molecule has 192 valence electrons. The lowest BCUT2D eigenvalue weighted by Gasteiger charge is -2.33. The second-order valence-corrected chi connectivity index (χ2v) is 10.8. The van der Waals surface area contributed by atoms with Gasteiger partial charge in [0.15, 0.2) is 0 Å². The van der Waals surface area contributed by atoms with Crippen molar-refractivity contribution in [3.63, 3.8) is 0 Å². The Hall–Kier alpha value is -2.94. The molecule has 0 aliphatic rings. The Bertz CT molecular complexity index is 1140. The molecule has 0 radical (unpaired) electrons. The lowest BCUT2D eigenvalue weighted by molar-refractivity contribution is -0.140. The van der Waals surface area contributed by atoms with Gasteiger partial charge in [0.1, 0.15) is 18.4 Å². The summed E-state index contributed by atoms with van der Waals surface area (Å²) in [6.45, 7) is 8.87. The largest absolute Gasteiger partial charge is 0.352 e.